The first-order chi connectivity index (χ1) is 8.19. The second-order valence-corrected chi connectivity index (χ2v) is 7.51. The SMILES string of the molecule is O=C(c1ccc(Br)s1)C1CCOC2(CCC2)C1. The second kappa shape index (κ2) is 4.48. The minimum Gasteiger partial charge on any atom is -0.375 e. The van der Waals surface area contributed by atoms with Crippen molar-refractivity contribution in [2.45, 2.75) is 37.7 Å². The van der Waals surface area contributed by atoms with Gasteiger partial charge in [0.25, 0.3) is 0 Å². The Kier molecular flexibility index (Phi) is 3.13. The first-order valence-electron chi connectivity index (χ1n) is 6.12. The van der Waals surface area contributed by atoms with Crippen LogP contribution in [0.2, 0.25) is 0 Å². The molecule has 1 aliphatic carbocycles. The van der Waals surface area contributed by atoms with Crippen LogP contribution in [0, 0.1) is 5.92 Å². The van der Waals surface area contributed by atoms with Crippen LogP contribution >= 0.6 is 27.3 Å². The zero-order valence-corrected chi connectivity index (χ0v) is 12.0. The second-order valence-electron chi connectivity index (χ2n) is 5.04. The maximum absolute atomic E-state index is 12.4. The molecule has 2 fully saturated rings. The topological polar surface area (TPSA) is 26.3 Å². The molecule has 1 unspecified atom stereocenters. The van der Waals surface area contributed by atoms with Gasteiger partial charge in [-0.2, -0.15) is 0 Å². The summed E-state index contributed by atoms with van der Waals surface area (Å²) in [5, 5.41) is 0. The summed E-state index contributed by atoms with van der Waals surface area (Å²) in [6.45, 7) is 0.753. The van der Waals surface area contributed by atoms with Gasteiger partial charge in [0, 0.05) is 12.5 Å². The highest BCUT2D eigenvalue weighted by Gasteiger charge is 2.44. The minimum absolute atomic E-state index is 0.0626. The van der Waals surface area contributed by atoms with E-state index in [0.717, 1.165) is 41.0 Å². The summed E-state index contributed by atoms with van der Waals surface area (Å²) in [6, 6.07) is 3.89. The average Bonchev–Trinajstić information content (AvgIpc) is 2.73. The van der Waals surface area contributed by atoms with Gasteiger partial charge in [0.05, 0.1) is 14.3 Å². The molecule has 92 valence electrons. The van der Waals surface area contributed by atoms with Gasteiger partial charge in [-0.05, 0) is 60.2 Å². The maximum atomic E-state index is 12.4. The molecule has 1 aromatic rings. The maximum Gasteiger partial charge on any atom is 0.176 e. The van der Waals surface area contributed by atoms with Crippen LogP contribution in [-0.2, 0) is 4.74 Å². The quantitative estimate of drug-likeness (QED) is 0.770. The van der Waals surface area contributed by atoms with E-state index in [9.17, 15) is 4.79 Å². The number of carbonyl (C=O) groups excluding carboxylic acids is 1. The van der Waals surface area contributed by atoms with E-state index >= 15 is 0 Å². The summed E-state index contributed by atoms with van der Waals surface area (Å²) in [4.78, 5) is 13.3. The molecule has 1 saturated heterocycles. The van der Waals surface area contributed by atoms with Crippen LogP contribution in [0.5, 0.6) is 0 Å². The smallest absolute Gasteiger partial charge is 0.176 e. The van der Waals surface area contributed by atoms with E-state index in [1.165, 1.54) is 6.42 Å². The van der Waals surface area contributed by atoms with Crippen molar-refractivity contribution in [3.63, 3.8) is 0 Å². The fourth-order valence-corrected chi connectivity index (χ4v) is 4.22. The Balaban J connectivity index is 1.73. The fraction of sp³-hybridized carbons (Fsp3) is 0.615. The Labute approximate surface area is 113 Å². The van der Waals surface area contributed by atoms with Crippen molar-refractivity contribution >= 4 is 33.0 Å². The molecule has 1 atom stereocenters. The predicted molar refractivity (Wildman–Crippen MR) is 71.6 cm³/mol. The number of ketones is 1. The molecule has 0 aromatic carbocycles. The normalized spacial score (nSPS) is 26.8. The zero-order valence-electron chi connectivity index (χ0n) is 9.58. The number of halogens is 1. The van der Waals surface area contributed by atoms with E-state index in [4.69, 9.17) is 4.74 Å². The lowest BCUT2D eigenvalue weighted by Gasteiger charge is -2.46. The summed E-state index contributed by atoms with van der Waals surface area (Å²) >= 11 is 4.95. The third-order valence-corrected chi connectivity index (χ3v) is 5.58. The van der Waals surface area contributed by atoms with Gasteiger partial charge in [0.2, 0.25) is 0 Å². The number of hydrogen-bond acceptors (Lipinski definition) is 3. The molecule has 2 aliphatic rings. The number of thiophene rings is 1. The van der Waals surface area contributed by atoms with Crippen molar-refractivity contribution in [2.75, 3.05) is 6.61 Å². The van der Waals surface area contributed by atoms with E-state index in [0.29, 0.717) is 5.78 Å². The van der Waals surface area contributed by atoms with Crippen LogP contribution in [0.4, 0.5) is 0 Å². The molecule has 17 heavy (non-hydrogen) atoms. The molecular weight excluding hydrogens is 300 g/mol. The van der Waals surface area contributed by atoms with E-state index in [1.807, 2.05) is 12.1 Å². The molecule has 1 saturated carbocycles. The zero-order chi connectivity index (χ0) is 11.9. The lowest BCUT2D eigenvalue weighted by molar-refractivity contribution is -0.137. The number of rotatable bonds is 2. The van der Waals surface area contributed by atoms with Gasteiger partial charge in [-0.1, -0.05) is 0 Å². The van der Waals surface area contributed by atoms with Gasteiger partial charge in [-0.3, -0.25) is 4.79 Å². The van der Waals surface area contributed by atoms with Crippen molar-refractivity contribution in [3.05, 3.63) is 20.8 Å². The van der Waals surface area contributed by atoms with E-state index in [1.54, 1.807) is 11.3 Å². The molecule has 1 spiro atoms. The average molecular weight is 315 g/mol. The van der Waals surface area contributed by atoms with Crippen molar-refractivity contribution < 1.29 is 9.53 Å². The highest BCUT2D eigenvalue weighted by molar-refractivity contribution is 9.11. The van der Waals surface area contributed by atoms with Crippen LogP contribution < -0.4 is 0 Å². The monoisotopic (exact) mass is 314 g/mol. The number of Topliss-reactive ketones (excluding diaryl/α,β-unsaturated/α-hetero) is 1. The number of hydrogen-bond donors (Lipinski definition) is 0. The molecule has 0 radical (unpaired) electrons. The lowest BCUT2D eigenvalue weighted by atomic mass is 9.71. The number of ether oxygens (including phenoxy) is 1. The Hall–Kier alpha value is -0.190. The highest BCUT2D eigenvalue weighted by Crippen LogP contribution is 2.45. The first kappa shape index (κ1) is 11.9. The largest absolute Gasteiger partial charge is 0.375 e. The third kappa shape index (κ3) is 2.23. The summed E-state index contributed by atoms with van der Waals surface area (Å²) in [7, 11) is 0. The van der Waals surface area contributed by atoms with Gasteiger partial charge < -0.3 is 4.74 Å². The van der Waals surface area contributed by atoms with Gasteiger partial charge in [0.15, 0.2) is 5.78 Å². The van der Waals surface area contributed by atoms with Crippen molar-refractivity contribution in [3.8, 4) is 0 Å². The number of carbonyl (C=O) groups is 1. The Bertz CT molecular complexity index is 436. The Morgan fingerprint density at radius 1 is 1.47 bits per heavy atom. The first-order valence-corrected chi connectivity index (χ1v) is 7.73. The van der Waals surface area contributed by atoms with Crippen molar-refractivity contribution in [2.24, 2.45) is 5.92 Å². The fourth-order valence-electron chi connectivity index (χ4n) is 2.82. The van der Waals surface area contributed by atoms with Crippen LogP contribution in [-0.4, -0.2) is 18.0 Å². The van der Waals surface area contributed by atoms with Gasteiger partial charge in [0.1, 0.15) is 0 Å². The molecule has 3 rings (SSSR count). The van der Waals surface area contributed by atoms with Crippen LogP contribution in [0.25, 0.3) is 0 Å². The van der Waals surface area contributed by atoms with E-state index < -0.39 is 0 Å². The van der Waals surface area contributed by atoms with E-state index in [-0.39, 0.29) is 11.5 Å². The molecule has 0 bridgehead atoms. The summed E-state index contributed by atoms with van der Waals surface area (Å²) in [5.41, 5.74) is 0.0626. The third-order valence-electron chi connectivity index (χ3n) is 3.94. The molecule has 2 heterocycles. The molecule has 4 heteroatoms. The molecule has 0 N–H and O–H groups in total. The molecular formula is C13H15BrO2S. The van der Waals surface area contributed by atoms with Crippen LogP contribution in [0.3, 0.4) is 0 Å². The van der Waals surface area contributed by atoms with Gasteiger partial charge in [-0.25, -0.2) is 0 Å². The Morgan fingerprint density at radius 2 is 2.29 bits per heavy atom. The standard InChI is InChI=1S/C13H15BrO2S/c14-11-3-2-10(17-11)12(15)9-4-7-16-13(8-9)5-1-6-13/h2-3,9H,1,4-8H2. The predicted octanol–water partition coefficient (Wildman–Crippen LogP) is 4.04. The molecule has 0 amide bonds. The van der Waals surface area contributed by atoms with Crippen molar-refractivity contribution in [1.82, 2.24) is 0 Å². The van der Waals surface area contributed by atoms with Gasteiger partial charge >= 0.3 is 0 Å². The summed E-state index contributed by atoms with van der Waals surface area (Å²) in [6.07, 6.45) is 5.36. The minimum atomic E-state index is 0.0626. The molecule has 1 aliphatic heterocycles. The highest BCUT2D eigenvalue weighted by atomic mass is 79.9. The van der Waals surface area contributed by atoms with Crippen LogP contribution in [0.1, 0.15) is 41.8 Å². The molecule has 1 aromatic heterocycles. The van der Waals surface area contributed by atoms with Crippen molar-refractivity contribution in [1.29, 1.82) is 0 Å². The van der Waals surface area contributed by atoms with Crippen LogP contribution in [0.15, 0.2) is 15.9 Å². The van der Waals surface area contributed by atoms with E-state index in [2.05, 4.69) is 15.9 Å². The van der Waals surface area contributed by atoms with Gasteiger partial charge in [-0.15, -0.1) is 11.3 Å². The Morgan fingerprint density at radius 3 is 2.88 bits per heavy atom. The lowest BCUT2D eigenvalue weighted by Crippen LogP contribution is -2.46. The molecule has 2 nitrogen and oxygen atoms in total. The summed E-state index contributed by atoms with van der Waals surface area (Å²) < 4.78 is 6.90. The summed E-state index contributed by atoms with van der Waals surface area (Å²) in [5.74, 6) is 0.491.